The highest BCUT2D eigenvalue weighted by atomic mass is 14.7. The highest BCUT2D eigenvalue weighted by Crippen LogP contribution is 2.68. The number of nitrogens with two attached hydrogens (primary N) is 2. The van der Waals surface area contributed by atoms with Gasteiger partial charge < -0.3 is 11.5 Å². The third kappa shape index (κ3) is 3.97. The Kier molecular flexibility index (Phi) is 6.80. The van der Waals surface area contributed by atoms with Crippen LogP contribution in [-0.4, -0.2) is 0 Å². The van der Waals surface area contributed by atoms with Crippen LogP contribution in [0.2, 0.25) is 0 Å². The minimum atomic E-state index is 0.182. The van der Waals surface area contributed by atoms with Crippen LogP contribution in [0.3, 0.4) is 0 Å². The van der Waals surface area contributed by atoms with Crippen LogP contribution < -0.4 is 11.5 Å². The van der Waals surface area contributed by atoms with Gasteiger partial charge in [-0.15, -0.1) is 0 Å². The van der Waals surface area contributed by atoms with Crippen molar-refractivity contribution in [3.8, 4) is 12.1 Å². The van der Waals surface area contributed by atoms with Crippen molar-refractivity contribution in [2.45, 2.75) is 105 Å². The Morgan fingerprint density at radius 3 is 2.22 bits per heavy atom. The summed E-state index contributed by atoms with van der Waals surface area (Å²) in [5.74, 6) is 5.43. The lowest BCUT2D eigenvalue weighted by atomic mass is 9.44. The summed E-state index contributed by atoms with van der Waals surface area (Å²) in [7, 11) is 0. The smallest absolute Gasteiger partial charge is 0.104 e. The average molecular weight is 501 g/mol. The van der Waals surface area contributed by atoms with E-state index in [1.807, 2.05) is 0 Å². The second-order valence-corrected chi connectivity index (χ2v) is 14.3. The van der Waals surface area contributed by atoms with Crippen LogP contribution in [0.4, 0.5) is 11.4 Å². The largest absolute Gasteiger partial charge is 0.397 e. The molecule has 0 amide bonds. The summed E-state index contributed by atoms with van der Waals surface area (Å²) in [6.07, 6.45) is 14.0. The molecule has 5 rings (SSSR count). The predicted octanol–water partition coefficient (Wildman–Crippen LogP) is 7.63. The molecule has 4 nitrogen and oxygen atoms in total. The first-order valence-electron chi connectivity index (χ1n) is 15.1. The van der Waals surface area contributed by atoms with Gasteiger partial charge in [0.2, 0.25) is 0 Å². The lowest BCUT2D eigenvalue weighted by molar-refractivity contribution is -0.103. The molecule has 0 unspecified atom stereocenters. The fourth-order valence-electron chi connectivity index (χ4n) is 10.4. The Morgan fingerprint density at radius 2 is 1.54 bits per heavy atom. The van der Waals surface area contributed by atoms with Crippen LogP contribution in [0.5, 0.6) is 0 Å². The molecule has 4 heteroatoms. The number of hydrogen-bond donors (Lipinski definition) is 2. The number of benzene rings is 1. The molecule has 3 saturated carbocycles. The van der Waals surface area contributed by atoms with E-state index in [4.69, 9.17) is 11.5 Å². The SMILES string of the molecule is CC(C)CCC[C@@H](C)[C@H]1CC[C@H]2[C@@H]3CC[C@H]4Cc5c(C#N)c(N)c(C#N)c(N)c5C[C@]4(C)[C@H]3CC[C@]12C. The van der Waals surface area contributed by atoms with Crippen molar-refractivity contribution in [3.05, 3.63) is 22.3 Å². The van der Waals surface area contributed by atoms with Crippen molar-refractivity contribution in [3.63, 3.8) is 0 Å². The summed E-state index contributed by atoms with van der Waals surface area (Å²) < 4.78 is 0. The number of nitriles is 2. The Morgan fingerprint density at radius 1 is 0.838 bits per heavy atom. The first-order chi connectivity index (χ1) is 17.6. The van der Waals surface area contributed by atoms with E-state index in [0.717, 1.165) is 53.6 Å². The predicted molar refractivity (Wildman–Crippen MR) is 151 cm³/mol. The summed E-state index contributed by atoms with van der Waals surface area (Å²) in [6, 6.07) is 4.53. The first-order valence-corrected chi connectivity index (χ1v) is 15.1. The molecule has 0 aromatic heterocycles. The van der Waals surface area contributed by atoms with Crippen molar-refractivity contribution >= 4 is 11.4 Å². The van der Waals surface area contributed by atoms with E-state index in [1.54, 1.807) is 0 Å². The minimum absolute atomic E-state index is 0.182. The van der Waals surface area contributed by atoms with E-state index in [0.29, 0.717) is 34.1 Å². The van der Waals surface area contributed by atoms with Crippen molar-refractivity contribution in [2.75, 3.05) is 11.5 Å². The van der Waals surface area contributed by atoms with Gasteiger partial charge in [-0.05, 0) is 115 Å². The quantitative estimate of drug-likeness (QED) is 0.406. The highest BCUT2D eigenvalue weighted by molar-refractivity contribution is 5.79. The number of hydrogen-bond acceptors (Lipinski definition) is 4. The highest BCUT2D eigenvalue weighted by Gasteiger charge is 2.60. The summed E-state index contributed by atoms with van der Waals surface area (Å²) in [5.41, 5.74) is 17.3. The fourth-order valence-corrected chi connectivity index (χ4v) is 10.4. The monoisotopic (exact) mass is 500 g/mol. The number of nitrogen functional groups attached to an aromatic ring is 2. The zero-order valence-electron chi connectivity index (χ0n) is 23.9. The van der Waals surface area contributed by atoms with Crippen LogP contribution in [0.15, 0.2) is 0 Å². The second-order valence-electron chi connectivity index (χ2n) is 14.3. The number of nitrogens with zero attached hydrogens (tertiary/aromatic N) is 2. The Bertz CT molecular complexity index is 1140. The summed E-state index contributed by atoms with van der Waals surface area (Å²) >= 11 is 0. The summed E-state index contributed by atoms with van der Waals surface area (Å²) in [5, 5.41) is 19.7. The summed E-state index contributed by atoms with van der Waals surface area (Å²) in [4.78, 5) is 0. The van der Waals surface area contributed by atoms with Crippen LogP contribution in [0, 0.1) is 74.9 Å². The zero-order chi connectivity index (χ0) is 26.7. The lowest BCUT2D eigenvalue weighted by Gasteiger charge is -2.61. The Balaban J connectivity index is 1.42. The molecular weight excluding hydrogens is 452 g/mol. The van der Waals surface area contributed by atoms with Gasteiger partial charge >= 0.3 is 0 Å². The maximum atomic E-state index is 9.93. The summed E-state index contributed by atoms with van der Waals surface area (Å²) in [6.45, 7) is 12.4. The van der Waals surface area contributed by atoms with Gasteiger partial charge in [0.1, 0.15) is 12.1 Å². The van der Waals surface area contributed by atoms with Crippen LogP contribution in [0.25, 0.3) is 0 Å². The Hall–Kier alpha value is -2.20. The third-order valence-corrected chi connectivity index (χ3v) is 12.3. The van der Waals surface area contributed by atoms with Gasteiger partial charge in [0.25, 0.3) is 0 Å². The molecule has 0 saturated heterocycles. The molecule has 0 radical (unpaired) electrons. The van der Waals surface area contributed by atoms with Crippen LogP contribution >= 0.6 is 0 Å². The van der Waals surface area contributed by atoms with E-state index in [1.165, 1.54) is 57.8 Å². The average Bonchev–Trinajstić information content (AvgIpc) is 3.21. The number of anilines is 2. The molecule has 3 fully saturated rings. The minimum Gasteiger partial charge on any atom is -0.397 e. The number of fused-ring (bicyclic) bond motifs is 6. The fraction of sp³-hybridized carbons (Fsp3) is 0.758. The molecule has 4 aliphatic rings. The maximum Gasteiger partial charge on any atom is 0.104 e. The first kappa shape index (κ1) is 26.4. The molecular formula is C33H48N4. The molecule has 1 aromatic carbocycles. The van der Waals surface area contributed by atoms with E-state index in [9.17, 15) is 10.5 Å². The number of rotatable bonds is 5. The molecule has 0 aliphatic heterocycles. The van der Waals surface area contributed by atoms with Gasteiger partial charge in [-0.1, -0.05) is 53.9 Å². The standard InChI is InChI=1S/C33H48N4/c1-19(2)7-6-8-20(3)27-11-12-28-22-10-9-21-15-23-24(30(36)26(18-35)31(37)25(23)17-34)16-33(21,5)29(22)13-14-32(27,28)4/h19-22,27-29H,6-16,36-37H2,1-5H3/t20-,21+,22+,27-,28+,29+,32-,33+/m1/s1. The normalized spacial score (nSPS) is 37.0. The van der Waals surface area contributed by atoms with E-state index >= 15 is 0 Å². The third-order valence-electron chi connectivity index (χ3n) is 12.3. The van der Waals surface area contributed by atoms with Crippen molar-refractivity contribution < 1.29 is 0 Å². The van der Waals surface area contributed by atoms with E-state index < -0.39 is 0 Å². The zero-order valence-corrected chi connectivity index (χ0v) is 23.9. The molecule has 0 heterocycles. The van der Waals surface area contributed by atoms with Gasteiger partial charge in [0, 0.05) is 0 Å². The molecule has 4 aliphatic carbocycles. The maximum absolute atomic E-state index is 9.93. The molecule has 0 spiro atoms. The van der Waals surface area contributed by atoms with Gasteiger partial charge in [-0.2, -0.15) is 10.5 Å². The molecule has 1 aromatic rings. The topological polar surface area (TPSA) is 99.6 Å². The Labute approximate surface area is 225 Å². The lowest BCUT2D eigenvalue weighted by Crippen LogP contribution is -2.54. The second kappa shape index (κ2) is 9.52. The molecule has 37 heavy (non-hydrogen) atoms. The van der Waals surface area contributed by atoms with Crippen molar-refractivity contribution in [2.24, 2.45) is 52.3 Å². The van der Waals surface area contributed by atoms with Crippen molar-refractivity contribution in [1.29, 1.82) is 10.5 Å². The molecule has 4 N–H and O–H groups in total. The van der Waals surface area contributed by atoms with Gasteiger partial charge in [0.15, 0.2) is 0 Å². The molecule has 200 valence electrons. The van der Waals surface area contributed by atoms with Crippen LogP contribution in [-0.2, 0) is 12.8 Å². The van der Waals surface area contributed by atoms with Gasteiger partial charge in [-0.3, -0.25) is 0 Å². The molecule has 0 bridgehead atoms. The van der Waals surface area contributed by atoms with E-state index in [-0.39, 0.29) is 11.1 Å². The van der Waals surface area contributed by atoms with Crippen molar-refractivity contribution in [1.82, 2.24) is 0 Å². The van der Waals surface area contributed by atoms with Gasteiger partial charge in [0.05, 0.1) is 22.5 Å². The molecule has 8 atom stereocenters. The van der Waals surface area contributed by atoms with Gasteiger partial charge in [-0.25, -0.2) is 0 Å². The van der Waals surface area contributed by atoms with Crippen LogP contribution in [0.1, 0.15) is 115 Å². The van der Waals surface area contributed by atoms with E-state index in [2.05, 4.69) is 46.8 Å².